The van der Waals surface area contributed by atoms with Crippen molar-refractivity contribution in [3.05, 3.63) is 11.8 Å². The molecule has 1 aromatic rings. The molecule has 0 radical (unpaired) electrons. The van der Waals surface area contributed by atoms with E-state index in [1.54, 1.807) is 0 Å². The summed E-state index contributed by atoms with van der Waals surface area (Å²) in [4.78, 5) is 2.38. The van der Waals surface area contributed by atoms with Crippen LogP contribution in [0.25, 0.3) is 0 Å². The third kappa shape index (κ3) is 2.50. The number of aromatic nitrogens is 2. The summed E-state index contributed by atoms with van der Waals surface area (Å²) in [6.45, 7) is 5.37. The summed E-state index contributed by atoms with van der Waals surface area (Å²) in [5.41, 5.74) is 6.89. The molecule has 4 heteroatoms. The fourth-order valence-electron chi connectivity index (χ4n) is 2.20. The van der Waals surface area contributed by atoms with Gasteiger partial charge in [-0.05, 0) is 45.8 Å². The number of hydrogen-bond acceptors (Lipinski definition) is 3. The van der Waals surface area contributed by atoms with Gasteiger partial charge < -0.3 is 10.6 Å². The molecule has 1 aliphatic rings. The molecule has 84 valence electrons. The smallest absolute Gasteiger partial charge is 0.121 e. The quantitative estimate of drug-likeness (QED) is 0.792. The van der Waals surface area contributed by atoms with E-state index in [4.69, 9.17) is 5.73 Å². The van der Waals surface area contributed by atoms with Gasteiger partial charge in [-0.3, -0.25) is 0 Å². The summed E-state index contributed by atoms with van der Waals surface area (Å²) in [6.07, 6.45) is 2.52. The Balaban J connectivity index is 1.94. The number of piperidine rings is 1. The van der Waals surface area contributed by atoms with E-state index in [1.165, 1.54) is 25.9 Å². The van der Waals surface area contributed by atoms with Crippen LogP contribution < -0.4 is 5.73 Å². The van der Waals surface area contributed by atoms with Crippen molar-refractivity contribution in [2.24, 2.45) is 5.92 Å². The normalized spacial score (nSPS) is 19.6. The van der Waals surface area contributed by atoms with Crippen LogP contribution in [0, 0.1) is 12.8 Å². The van der Waals surface area contributed by atoms with Crippen molar-refractivity contribution in [1.82, 2.24) is 14.7 Å². The Bertz CT molecular complexity index is 323. The molecule has 0 amide bonds. The van der Waals surface area contributed by atoms with Crippen LogP contribution in [0.3, 0.4) is 0 Å². The number of rotatable bonds is 2. The van der Waals surface area contributed by atoms with Crippen LogP contribution in [-0.2, 0) is 6.54 Å². The van der Waals surface area contributed by atoms with Gasteiger partial charge >= 0.3 is 0 Å². The molecule has 1 aliphatic heterocycles. The van der Waals surface area contributed by atoms with Crippen LogP contribution in [0.5, 0.6) is 0 Å². The van der Waals surface area contributed by atoms with Crippen LogP contribution in [0.4, 0.5) is 5.82 Å². The fraction of sp³-hybridized carbons (Fsp3) is 0.727. The molecule has 15 heavy (non-hydrogen) atoms. The minimum Gasteiger partial charge on any atom is -0.384 e. The fourth-order valence-corrected chi connectivity index (χ4v) is 2.20. The van der Waals surface area contributed by atoms with Crippen LogP contribution in [0.1, 0.15) is 18.5 Å². The van der Waals surface area contributed by atoms with Gasteiger partial charge in [0.1, 0.15) is 5.82 Å². The zero-order valence-corrected chi connectivity index (χ0v) is 9.61. The average Bonchev–Trinajstić information content (AvgIpc) is 2.49. The maximum absolute atomic E-state index is 5.88. The second kappa shape index (κ2) is 4.23. The molecule has 0 spiro atoms. The highest BCUT2D eigenvalue weighted by molar-refractivity contribution is 5.30. The molecular weight excluding hydrogens is 188 g/mol. The lowest BCUT2D eigenvalue weighted by Crippen LogP contribution is -2.32. The van der Waals surface area contributed by atoms with Gasteiger partial charge in [-0.15, -0.1) is 0 Å². The summed E-state index contributed by atoms with van der Waals surface area (Å²) in [5, 5.41) is 4.40. The highest BCUT2D eigenvalue weighted by Gasteiger charge is 2.18. The minimum absolute atomic E-state index is 0.739. The van der Waals surface area contributed by atoms with Gasteiger partial charge in [0, 0.05) is 12.6 Å². The number of likely N-dealkylation sites (tertiary alicyclic amines) is 1. The number of hydrogen-bond donors (Lipinski definition) is 1. The number of nitrogens with zero attached hydrogens (tertiary/aromatic N) is 3. The van der Waals surface area contributed by atoms with Gasteiger partial charge in [-0.1, -0.05) is 0 Å². The van der Waals surface area contributed by atoms with Crippen molar-refractivity contribution in [2.75, 3.05) is 25.9 Å². The largest absolute Gasteiger partial charge is 0.384 e. The van der Waals surface area contributed by atoms with E-state index in [9.17, 15) is 0 Å². The third-order valence-electron chi connectivity index (χ3n) is 3.20. The lowest BCUT2D eigenvalue weighted by atomic mass is 9.97. The molecule has 0 aliphatic carbocycles. The van der Waals surface area contributed by atoms with E-state index >= 15 is 0 Å². The average molecular weight is 208 g/mol. The molecule has 4 nitrogen and oxygen atoms in total. The van der Waals surface area contributed by atoms with E-state index in [-0.39, 0.29) is 0 Å². The minimum atomic E-state index is 0.739. The summed E-state index contributed by atoms with van der Waals surface area (Å²) < 4.78 is 1.95. The first-order valence-electron chi connectivity index (χ1n) is 5.63. The lowest BCUT2D eigenvalue weighted by Gasteiger charge is -2.28. The lowest BCUT2D eigenvalue weighted by molar-refractivity contribution is 0.202. The van der Waals surface area contributed by atoms with Crippen molar-refractivity contribution < 1.29 is 0 Å². The molecule has 2 heterocycles. The number of anilines is 1. The standard InChI is InChI=1S/C11H20N4/c1-9-7-11(12)15(13-9)8-10-3-5-14(2)6-4-10/h7,10H,3-6,8,12H2,1-2H3. The molecular formula is C11H20N4. The SMILES string of the molecule is Cc1cc(N)n(CC2CCN(C)CC2)n1. The predicted molar refractivity (Wildman–Crippen MR) is 61.6 cm³/mol. The van der Waals surface area contributed by atoms with Gasteiger partial charge in [-0.25, -0.2) is 4.68 Å². The molecule has 2 rings (SSSR count). The van der Waals surface area contributed by atoms with Crippen molar-refractivity contribution in [3.8, 4) is 0 Å². The monoisotopic (exact) mass is 208 g/mol. The van der Waals surface area contributed by atoms with Crippen molar-refractivity contribution in [1.29, 1.82) is 0 Å². The Morgan fingerprint density at radius 3 is 2.67 bits per heavy atom. The first-order chi connectivity index (χ1) is 7.15. The Kier molecular flexibility index (Phi) is 2.95. The van der Waals surface area contributed by atoms with Crippen LogP contribution in [-0.4, -0.2) is 34.8 Å². The predicted octanol–water partition coefficient (Wildman–Crippen LogP) is 1.12. The first-order valence-corrected chi connectivity index (χ1v) is 5.63. The van der Waals surface area contributed by atoms with Gasteiger partial charge in [-0.2, -0.15) is 5.10 Å². The third-order valence-corrected chi connectivity index (χ3v) is 3.20. The molecule has 0 bridgehead atoms. The van der Waals surface area contributed by atoms with E-state index < -0.39 is 0 Å². The van der Waals surface area contributed by atoms with Gasteiger partial charge in [0.2, 0.25) is 0 Å². The zero-order chi connectivity index (χ0) is 10.8. The molecule has 0 unspecified atom stereocenters. The Morgan fingerprint density at radius 2 is 2.13 bits per heavy atom. The van der Waals surface area contributed by atoms with E-state index in [1.807, 2.05) is 17.7 Å². The van der Waals surface area contributed by atoms with Gasteiger partial charge in [0.15, 0.2) is 0 Å². The second-order valence-corrected chi connectivity index (χ2v) is 4.64. The van der Waals surface area contributed by atoms with Crippen LogP contribution in [0.2, 0.25) is 0 Å². The number of aryl methyl sites for hydroxylation is 1. The molecule has 1 saturated heterocycles. The highest BCUT2D eigenvalue weighted by Crippen LogP contribution is 2.19. The summed E-state index contributed by atoms with van der Waals surface area (Å²) in [7, 11) is 2.18. The van der Waals surface area contributed by atoms with Crippen molar-refractivity contribution in [2.45, 2.75) is 26.3 Å². The number of nitrogen functional groups attached to an aromatic ring is 1. The maximum Gasteiger partial charge on any atom is 0.121 e. The van der Waals surface area contributed by atoms with E-state index in [0.29, 0.717) is 0 Å². The second-order valence-electron chi connectivity index (χ2n) is 4.64. The summed E-state index contributed by atoms with van der Waals surface area (Å²) >= 11 is 0. The summed E-state index contributed by atoms with van der Waals surface area (Å²) in [6, 6.07) is 1.94. The van der Waals surface area contributed by atoms with Crippen molar-refractivity contribution >= 4 is 5.82 Å². The number of nitrogens with two attached hydrogens (primary N) is 1. The Labute approximate surface area is 91.1 Å². The Morgan fingerprint density at radius 1 is 1.47 bits per heavy atom. The van der Waals surface area contributed by atoms with Crippen LogP contribution >= 0.6 is 0 Å². The molecule has 0 saturated carbocycles. The zero-order valence-electron chi connectivity index (χ0n) is 9.61. The van der Waals surface area contributed by atoms with E-state index in [0.717, 1.165) is 24.0 Å². The topological polar surface area (TPSA) is 47.1 Å². The molecule has 2 N–H and O–H groups in total. The van der Waals surface area contributed by atoms with Gasteiger partial charge in [0.25, 0.3) is 0 Å². The highest BCUT2D eigenvalue weighted by atomic mass is 15.3. The molecule has 0 atom stereocenters. The summed E-state index contributed by atoms with van der Waals surface area (Å²) in [5.74, 6) is 1.54. The Hall–Kier alpha value is -1.03. The molecule has 1 fully saturated rings. The van der Waals surface area contributed by atoms with Crippen molar-refractivity contribution in [3.63, 3.8) is 0 Å². The van der Waals surface area contributed by atoms with Crippen LogP contribution in [0.15, 0.2) is 6.07 Å². The van der Waals surface area contributed by atoms with E-state index in [2.05, 4.69) is 17.0 Å². The first kappa shape index (κ1) is 10.5. The maximum atomic E-state index is 5.88. The molecule has 1 aromatic heterocycles. The van der Waals surface area contributed by atoms with Gasteiger partial charge in [0.05, 0.1) is 5.69 Å². The molecule has 0 aromatic carbocycles.